The molecule has 1 aliphatic rings. The van der Waals surface area contributed by atoms with E-state index in [1.807, 2.05) is 91.0 Å². The zero-order valence-corrected chi connectivity index (χ0v) is 25.0. The maximum atomic E-state index is 13.9. The maximum Gasteiger partial charge on any atom is 0.196 e. The first-order valence-electron chi connectivity index (χ1n) is 14.8. The molecule has 0 aliphatic heterocycles. The number of rotatable bonds is 11. The summed E-state index contributed by atoms with van der Waals surface area (Å²) >= 11 is 1.48. The van der Waals surface area contributed by atoms with Crippen molar-refractivity contribution in [2.24, 2.45) is 0 Å². The summed E-state index contributed by atoms with van der Waals surface area (Å²) in [5.41, 5.74) is 5.69. The van der Waals surface area contributed by atoms with Crippen LogP contribution in [0.3, 0.4) is 0 Å². The molecule has 0 saturated carbocycles. The van der Waals surface area contributed by atoms with Crippen LogP contribution in [0, 0.1) is 0 Å². The van der Waals surface area contributed by atoms with Crippen molar-refractivity contribution in [2.75, 3.05) is 5.32 Å². The van der Waals surface area contributed by atoms with E-state index in [4.69, 9.17) is 4.74 Å². The fraction of sp³-hybridized carbons (Fsp3) is 0.158. The number of benzene rings is 5. The quantitative estimate of drug-likeness (QED) is 0.154. The summed E-state index contributed by atoms with van der Waals surface area (Å²) < 4.78 is 5.92. The summed E-state index contributed by atoms with van der Waals surface area (Å²) in [5.74, 6) is 0.496. The van der Waals surface area contributed by atoms with Crippen molar-refractivity contribution < 1.29 is 14.3 Å². The van der Waals surface area contributed by atoms with Gasteiger partial charge in [0.25, 0.3) is 0 Å². The fourth-order valence-electron chi connectivity index (χ4n) is 5.36. The normalized spacial score (nSPS) is 12.0. The van der Waals surface area contributed by atoms with Crippen LogP contribution in [-0.4, -0.2) is 11.6 Å². The van der Waals surface area contributed by atoms with Gasteiger partial charge in [-0.1, -0.05) is 98.3 Å². The van der Waals surface area contributed by atoms with Gasteiger partial charge in [-0.3, -0.25) is 9.59 Å². The molecule has 0 heterocycles. The zero-order chi connectivity index (χ0) is 29.6. The second-order valence-corrected chi connectivity index (χ2v) is 11.8. The SMILES string of the molecule is CCCCCc1ccc(Nc2cccc3c2C(=O)c2cccc(Sc4ccc(OCc5ccccc5)cc4)c2C3=O)cc1. The number of unbranched alkanes of at least 4 members (excludes halogenated alkanes) is 2. The van der Waals surface area contributed by atoms with Gasteiger partial charge in [0.1, 0.15) is 12.4 Å². The molecule has 43 heavy (non-hydrogen) atoms. The van der Waals surface area contributed by atoms with Crippen LogP contribution in [0.2, 0.25) is 0 Å². The number of aryl methyl sites for hydroxylation is 1. The topological polar surface area (TPSA) is 55.4 Å². The third-order valence-corrected chi connectivity index (χ3v) is 8.70. The average Bonchev–Trinajstić information content (AvgIpc) is 3.04. The fourth-order valence-corrected chi connectivity index (χ4v) is 6.34. The second kappa shape index (κ2) is 13.1. The van der Waals surface area contributed by atoms with E-state index in [2.05, 4.69) is 24.4 Å². The minimum absolute atomic E-state index is 0.134. The Morgan fingerprint density at radius 2 is 1.35 bits per heavy atom. The largest absolute Gasteiger partial charge is 0.489 e. The van der Waals surface area contributed by atoms with Crippen molar-refractivity contribution in [2.45, 2.75) is 49.0 Å². The summed E-state index contributed by atoms with van der Waals surface area (Å²) in [7, 11) is 0. The van der Waals surface area contributed by atoms with Gasteiger partial charge < -0.3 is 10.1 Å². The smallest absolute Gasteiger partial charge is 0.196 e. The van der Waals surface area contributed by atoms with E-state index in [1.54, 1.807) is 12.1 Å². The van der Waals surface area contributed by atoms with Crippen molar-refractivity contribution in [3.8, 4) is 5.75 Å². The van der Waals surface area contributed by atoms with Gasteiger partial charge in [-0.2, -0.15) is 0 Å². The molecule has 5 aromatic carbocycles. The average molecular weight is 584 g/mol. The summed E-state index contributed by atoms with van der Waals surface area (Å²) in [6.45, 7) is 2.71. The van der Waals surface area contributed by atoms with Crippen LogP contribution >= 0.6 is 11.8 Å². The standard InChI is InChI=1S/C38H33NO3S/c1-2-3-5-10-26-17-19-28(20-18-26)39-33-15-8-13-31-35(33)37(40)32-14-9-16-34(36(32)38(31)41)43-30-23-21-29(22-24-30)42-25-27-11-6-4-7-12-27/h4,6-9,11-24,39H,2-3,5,10,25H2,1H3. The molecule has 0 fully saturated rings. The van der Waals surface area contributed by atoms with Gasteiger partial charge in [0, 0.05) is 32.2 Å². The van der Waals surface area contributed by atoms with Crippen LogP contribution in [0.15, 0.2) is 125 Å². The third-order valence-electron chi connectivity index (χ3n) is 7.64. The molecule has 5 heteroatoms. The summed E-state index contributed by atoms with van der Waals surface area (Å²) in [6.07, 6.45) is 4.67. The molecule has 214 valence electrons. The Labute approximate surface area is 257 Å². The van der Waals surface area contributed by atoms with Crippen LogP contribution in [0.1, 0.15) is 69.2 Å². The Balaban J connectivity index is 1.20. The summed E-state index contributed by atoms with van der Waals surface area (Å²) in [6, 6.07) is 37.1. The van der Waals surface area contributed by atoms with Gasteiger partial charge in [-0.05, 0) is 72.5 Å². The Bertz CT molecular complexity index is 1750. The molecule has 0 spiro atoms. The van der Waals surface area contributed by atoms with Crippen molar-refractivity contribution in [3.05, 3.63) is 149 Å². The molecule has 0 saturated heterocycles. The third kappa shape index (κ3) is 6.42. The van der Waals surface area contributed by atoms with Gasteiger partial charge in [-0.25, -0.2) is 0 Å². The van der Waals surface area contributed by atoms with Gasteiger partial charge in [-0.15, -0.1) is 0 Å². The van der Waals surface area contributed by atoms with Gasteiger partial charge in [0.05, 0.1) is 11.3 Å². The van der Waals surface area contributed by atoms with Crippen LogP contribution in [-0.2, 0) is 13.0 Å². The Kier molecular flexibility index (Phi) is 8.71. The number of ketones is 2. The highest BCUT2D eigenvalue weighted by Gasteiger charge is 2.33. The molecule has 1 N–H and O–H groups in total. The molecule has 1 aliphatic carbocycles. The summed E-state index contributed by atoms with van der Waals surface area (Å²) in [5, 5.41) is 3.40. The predicted octanol–water partition coefficient (Wildman–Crippen LogP) is 9.67. The molecule has 0 atom stereocenters. The van der Waals surface area contributed by atoms with E-state index in [1.165, 1.54) is 36.6 Å². The Hall–Kier alpha value is -4.61. The number of carbonyl (C=O) groups excluding carboxylic acids is 2. The van der Waals surface area contributed by atoms with Gasteiger partial charge >= 0.3 is 0 Å². The number of carbonyl (C=O) groups is 2. The molecule has 0 bridgehead atoms. The first-order chi connectivity index (χ1) is 21.1. The maximum absolute atomic E-state index is 13.9. The van der Waals surface area contributed by atoms with Crippen molar-refractivity contribution in [1.82, 2.24) is 0 Å². The Morgan fingerprint density at radius 3 is 2.09 bits per heavy atom. The second-order valence-electron chi connectivity index (χ2n) is 10.7. The van der Waals surface area contributed by atoms with Crippen LogP contribution < -0.4 is 10.1 Å². The number of hydrogen-bond donors (Lipinski definition) is 1. The molecule has 5 aromatic rings. The van der Waals surface area contributed by atoms with E-state index in [9.17, 15) is 9.59 Å². The lowest BCUT2D eigenvalue weighted by atomic mass is 9.83. The minimum Gasteiger partial charge on any atom is -0.489 e. The summed E-state index contributed by atoms with van der Waals surface area (Å²) in [4.78, 5) is 29.5. The number of fused-ring (bicyclic) bond motifs is 2. The lowest BCUT2D eigenvalue weighted by Crippen LogP contribution is -2.23. The molecular formula is C38H33NO3S. The minimum atomic E-state index is -0.143. The van der Waals surface area contributed by atoms with E-state index in [0.29, 0.717) is 34.5 Å². The molecular weight excluding hydrogens is 550 g/mol. The van der Waals surface area contributed by atoms with E-state index >= 15 is 0 Å². The van der Waals surface area contributed by atoms with Crippen LogP contribution in [0.4, 0.5) is 11.4 Å². The molecule has 0 radical (unpaired) electrons. The first kappa shape index (κ1) is 28.5. The van der Waals surface area contributed by atoms with Gasteiger partial charge in [0.15, 0.2) is 11.6 Å². The van der Waals surface area contributed by atoms with Crippen molar-refractivity contribution >= 4 is 34.7 Å². The highest BCUT2D eigenvalue weighted by Crippen LogP contribution is 2.40. The van der Waals surface area contributed by atoms with Crippen molar-refractivity contribution in [1.29, 1.82) is 0 Å². The predicted molar refractivity (Wildman–Crippen MR) is 174 cm³/mol. The van der Waals surface area contributed by atoms with E-state index in [0.717, 1.165) is 33.2 Å². The molecule has 6 rings (SSSR count). The molecule has 0 amide bonds. The van der Waals surface area contributed by atoms with E-state index in [-0.39, 0.29) is 11.6 Å². The monoisotopic (exact) mass is 583 g/mol. The van der Waals surface area contributed by atoms with Gasteiger partial charge in [0.2, 0.25) is 0 Å². The number of nitrogens with one attached hydrogen (secondary N) is 1. The van der Waals surface area contributed by atoms with Crippen LogP contribution in [0.5, 0.6) is 5.75 Å². The number of ether oxygens (including phenoxy) is 1. The first-order valence-corrected chi connectivity index (χ1v) is 15.6. The lowest BCUT2D eigenvalue weighted by Gasteiger charge is -2.22. The Morgan fingerprint density at radius 1 is 0.651 bits per heavy atom. The highest BCUT2D eigenvalue weighted by molar-refractivity contribution is 7.99. The van der Waals surface area contributed by atoms with E-state index < -0.39 is 0 Å². The number of anilines is 2. The number of hydrogen-bond acceptors (Lipinski definition) is 5. The zero-order valence-electron chi connectivity index (χ0n) is 24.1. The van der Waals surface area contributed by atoms with Crippen molar-refractivity contribution in [3.63, 3.8) is 0 Å². The highest BCUT2D eigenvalue weighted by atomic mass is 32.2. The molecule has 0 aromatic heterocycles. The van der Waals surface area contributed by atoms with Crippen LogP contribution in [0.25, 0.3) is 0 Å². The lowest BCUT2D eigenvalue weighted by molar-refractivity contribution is 0.0977. The molecule has 0 unspecified atom stereocenters. The molecule has 4 nitrogen and oxygen atoms in total.